The predicted molar refractivity (Wildman–Crippen MR) is 62.3 cm³/mol. The van der Waals surface area contributed by atoms with Gasteiger partial charge in [-0.25, -0.2) is 4.98 Å². The first kappa shape index (κ1) is 10.8. The van der Waals surface area contributed by atoms with Crippen LogP contribution in [0, 0.1) is 6.92 Å². The molecule has 0 spiro atoms. The molecule has 0 aliphatic heterocycles. The maximum atomic E-state index is 11.6. The van der Waals surface area contributed by atoms with Crippen LogP contribution < -0.4 is 5.32 Å². The first-order chi connectivity index (χ1) is 7.75. The maximum Gasteiger partial charge on any atom is 0.271 e. The number of hydrogen-bond donors (Lipinski definition) is 1. The normalized spacial score (nSPS) is 10.1. The van der Waals surface area contributed by atoms with Gasteiger partial charge in [0.05, 0.1) is 5.01 Å². The molecule has 2 rings (SSSR count). The lowest BCUT2D eigenvalue weighted by Gasteiger charge is -2.02. The van der Waals surface area contributed by atoms with Gasteiger partial charge in [0.15, 0.2) is 0 Å². The first-order valence-electron chi connectivity index (χ1n) is 4.85. The van der Waals surface area contributed by atoms with Crippen molar-refractivity contribution in [2.45, 2.75) is 13.5 Å². The number of nitrogens with one attached hydrogen (secondary N) is 1. The van der Waals surface area contributed by atoms with Crippen molar-refractivity contribution >= 4 is 17.2 Å². The molecule has 0 unspecified atom stereocenters. The standard InChI is InChI=1S/C11H11N3OS/c1-8-14-10(7-16-8)11(15)13-6-9-2-4-12-5-3-9/h2-5,7H,6H2,1H3,(H,13,15). The van der Waals surface area contributed by atoms with Crippen molar-refractivity contribution < 1.29 is 4.79 Å². The number of nitrogens with zero attached hydrogens (tertiary/aromatic N) is 2. The smallest absolute Gasteiger partial charge is 0.271 e. The summed E-state index contributed by atoms with van der Waals surface area (Å²) in [6.45, 7) is 2.38. The molecule has 82 valence electrons. The quantitative estimate of drug-likeness (QED) is 0.879. The number of amides is 1. The van der Waals surface area contributed by atoms with Crippen LogP contribution in [0.2, 0.25) is 0 Å². The molecule has 0 saturated carbocycles. The number of pyridine rings is 1. The fourth-order valence-electron chi connectivity index (χ4n) is 1.24. The van der Waals surface area contributed by atoms with Gasteiger partial charge >= 0.3 is 0 Å². The molecule has 16 heavy (non-hydrogen) atoms. The Morgan fingerprint density at radius 3 is 2.81 bits per heavy atom. The molecule has 0 aliphatic carbocycles. The summed E-state index contributed by atoms with van der Waals surface area (Å²) >= 11 is 1.47. The zero-order chi connectivity index (χ0) is 11.4. The second kappa shape index (κ2) is 4.85. The summed E-state index contributed by atoms with van der Waals surface area (Å²) in [7, 11) is 0. The van der Waals surface area contributed by atoms with Crippen LogP contribution in [0.3, 0.4) is 0 Å². The molecule has 0 aliphatic rings. The van der Waals surface area contributed by atoms with Gasteiger partial charge in [0.1, 0.15) is 5.69 Å². The van der Waals surface area contributed by atoms with E-state index in [0.717, 1.165) is 10.6 Å². The summed E-state index contributed by atoms with van der Waals surface area (Å²) in [6.07, 6.45) is 3.41. The van der Waals surface area contributed by atoms with Gasteiger partial charge in [-0.05, 0) is 24.6 Å². The van der Waals surface area contributed by atoms with Crippen molar-refractivity contribution in [2.24, 2.45) is 0 Å². The maximum absolute atomic E-state index is 11.6. The van der Waals surface area contributed by atoms with Crippen LogP contribution in [0.15, 0.2) is 29.9 Å². The van der Waals surface area contributed by atoms with Crippen molar-refractivity contribution in [1.29, 1.82) is 0 Å². The Morgan fingerprint density at radius 2 is 2.19 bits per heavy atom. The van der Waals surface area contributed by atoms with Crippen molar-refractivity contribution in [3.8, 4) is 0 Å². The third-order valence-corrected chi connectivity index (χ3v) is 2.83. The van der Waals surface area contributed by atoms with Gasteiger partial charge in [0.2, 0.25) is 0 Å². The van der Waals surface area contributed by atoms with Gasteiger partial charge in [0.25, 0.3) is 5.91 Å². The highest BCUT2D eigenvalue weighted by Gasteiger charge is 2.08. The number of rotatable bonds is 3. The fourth-order valence-corrected chi connectivity index (χ4v) is 1.83. The number of hydrogen-bond acceptors (Lipinski definition) is 4. The Labute approximate surface area is 97.4 Å². The van der Waals surface area contributed by atoms with E-state index in [9.17, 15) is 4.79 Å². The molecule has 1 amide bonds. The summed E-state index contributed by atoms with van der Waals surface area (Å²) in [6, 6.07) is 3.74. The van der Waals surface area contributed by atoms with Crippen LogP contribution in [0.5, 0.6) is 0 Å². The predicted octanol–water partition coefficient (Wildman–Crippen LogP) is 1.78. The largest absolute Gasteiger partial charge is 0.347 e. The van der Waals surface area contributed by atoms with E-state index in [1.165, 1.54) is 11.3 Å². The lowest BCUT2D eigenvalue weighted by atomic mass is 10.2. The van der Waals surface area contributed by atoms with Crippen LogP contribution in [-0.2, 0) is 6.54 Å². The molecule has 2 aromatic rings. The third kappa shape index (κ3) is 2.64. The lowest BCUT2D eigenvalue weighted by molar-refractivity contribution is 0.0946. The van der Waals surface area contributed by atoms with E-state index >= 15 is 0 Å². The van der Waals surface area contributed by atoms with Crippen LogP contribution >= 0.6 is 11.3 Å². The molecular weight excluding hydrogens is 222 g/mol. The summed E-state index contributed by atoms with van der Waals surface area (Å²) in [5.41, 5.74) is 1.51. The van der Waals surface area contributed by atoms with E-state index in [-0.39, 0.29) is 5.91 Å². The molecule has 0 radical (unpaired) electrons. The van der Waals surface area contributed by atoms with Gasteiger partial charge in [-0.1, -0.05) is 0 Å². The summed E-state index contributed by atoms with van der Waals surface area (Å²) in [5.74, 6) is -0.138. The minimum Gasteiger partial charge on any atom is -0.347 e. The molecule has 0 fully saturated rings. The fraction of sp³-hybridized carbons (Fsp3) is 0.182. The second-order valence-electron chi connectivity index (χ2n) is 3.29. The first-order valence-corrected chi connectivity index (χ1v) is 5.73. The topological polar surface area (TPSA) is 54.9 Å². The highest BCUT2D eigenvalue weighted by Crippen LogP contribution is 2.07. The molecule has 0 aromatic carbocycles. The van der Waals surface area contributed by atoms with E-state index in [2.05, 4.69) is 15.3 Å². The van der Waals surface area contributed by atoms with E-state index < -0.39 is 0 Å². The van der Waals surface area contributed by atoms with E-state index in [4.69, 9.17) is 0 Å². The van der Waals surface area contributed by atoms with E-state index in [1.807, 2.05) is 19.1 Å². The van der Waals surface area contributed by atoms with Gasteiger partial charge in [-0.15, -0.1) is 11.3 Å². The number of aromatic nitrogens is 2. The summed E-state index contributed by atoms with van der Waals surface area (Å²) in [4.78, 5) is 19.7. The Kier molecular flexibility index (Phi) is 3.26. The molecule has 1 N–H and O–H groups in total. The van der Waals surface area contributed by atoms with Gasteiger partial charge < -0.3 is 5.32 Å². The SMILES string of the molecule is Cc1nc(C(=O)NCc2ccncc2)cs1. The Hall–Kier alpha value is -1.75. The number of carbonyl (C=O) groups excluding carboxylic acids is 1. The molecule has 5 heteroatoms. The molecule has 0 atom stereocenters. The zero-order valence-electron chi connectivity index (χ0n) is 8.80. The van der Waals surface area contributed by atoms with Crippen LogP contribution in [0.25, 0.3) is 0 Å². The van der Waals surface area contributed by atoms with Crippen LogP contribution in [0.4, 0.5) is 0 Å². The number of aryl methyl sites for hydroxylation is 1. The van der Waals surface area contributed by atoms with Crippen LogP contribution in [0.1, 0.15) is 21.1 Å². The van der Waals surface area contributed by atoms with Crippen molar-refractivity contribution in [3.63, 3.8) is 0 Å². The van der Waals surface area contributed by atoms with Crippen molar-refractivity contribution in [1.82, 2.24) is 15.3 Å². The highest BCUT2D eigenvalue weighted by atomic mass is 32.1. The van der Waals surface area contributed by atoms with Gasteiger partial charge in [-0.2, -0.15) is 0 Å². The highest BCUT2D eigenvalue weighted by molar-refractivity contribution is 7.09. The van der Waals surface area contributed by atoms with Gasteiger partial charge in [-0.3, -0.25) is 9.78 Å². The molecule has 2 aromatic heterocycles. The van der Waals surface area contributed by atoms with E-state index in [0.29, 0.717) is 12.2 Å². The van der Waals surface area contributed by atoms with Crippen LogP contribution in [-0.4, -0.2) is 15.9 Å². The minimum absolute atomic E-state index is 0.138. The Morgan fingerprint density at radius 1 is 1.44 bits per heavy atom. The third-order valence-electron chi connectivity index (χ3n) is 2.05. The van der Waals surface area contributed by atoms with Crippen molar-refractivity contribution in [2.75, 3.05) is 0 Å². The molecule has 4 nitrogen and oxygen atoms in total. The average Bonchev–Trinajstić information content (AvgIpc) is 2.74. The zero-order valence-corrected chi connectivity index (χ0v) is 9.62. The average molecular weight is 233 g/mol. The van der Waals surface area contributed by atoms with Gasteiger partial charge in [0, 0.05) is 24.3 Å². The van der Waals surface area contributed by atoms with E-state index in [1.54, 1.807) is 17.8 Å². The van der Waals surface area contributed by atoms with Crippen molar-refractivity contribution in [3.05, 3.63) is 46.2 Å². The Bertz CT molecular complexity index is 481. The molecule has 2 heterocycles. The summed E-state index contributed by atoms with van der Waals surface area (Å²) in [5, 5.41) is 5.46. The summed E-state index contributed by atoms with van der Waals surface area (Å²) < 4.78 is 0. The number of thiazole rings is 1. The molecule has 0 saturated heterocycles. The number of carbonyl (C=O) groups is 1. The Balaban J connectivity index is 1.94. The second-order valence-corrected chi connectivity index (χ2v) is 4.35. The molecular formula is C11H11N3OS. The monoisotopic (exact) mass is 233 g/mol. The lowest BCUT2D eigenvalue weighted by Crippen LogP contribution is -2.23. The minimum atomic E-state index is -0.138. The molecule has 0 bridgehead atoms.